The first-order chi connectivity index (χ1) is 15.8. The Hall–Kier alpha value is -3.39. The molecule has 1 unspecified atom stereocenters. The van der Waals surface area contributed by atoms with Crippen LogP contribution in [-0.4, -0.2) is 47.5 Å². The molecule has 2 heterocycles. The number of nitrogens with two attached hydrogens (primary N) is 1. The van der Waals surface area contributed by atoms with Crippen LogP contribution < -0.4 is 10.5 Å². The third-order valence-electron chi connectivity index (χ3n) is 5.57. The summed E-state index contributed by atoms with van der Waals surface area (Å²) in [6, 6.07) is 3.37. The lowest BCUT2D eigenvalue weighted by atomic mass is 9.90. The van der Waals surface area contributed by atoms with Gasteiger partial charge in [0.25, 0.3) is 0 Å². The minimum Gasteiger partial charge on any atom is -0.460 e. The van der Waals surface area contributed by atoms with E-state index >= 15 is 0 Å². The van der Waals surface area contributed by atoms with Gasteiger partial charge in [-0.1, -0.05) is 12.0 Å². The predicted octanol–water partition coefficient (Wildman–Crippen LogP) is 3.21. The third kappa shape index (κ3) is 4.63. The van der Waals surface area contributed by atoms with Gasteiger partial charge in [-0.15, -0.1) is 6.42 Å². The Labute approximate surface area is 195 Å². The summed E-state index contributed by atoms with van der Waals surface area (Å²) in [5.74, 6) is -0.389. The number of nitrogens with zero attached hydrogens (tertiary/aromatic N) is 3. The molecule has 2 N–H and O–H groups in total. The fraction of sp³-hybridized carbons (Fsp3) is 0.348. The van der Waals surface area contributed by atoms with E-state index in [4.69, 9.17) is 16.9 Å². The summed E-state index contributed by atoms with van der Waals surface area (Å²) in [7, 11) is -3.98. The zero-order valence-corrected chi connectivity index (χ0v) is 19.5. The first kappa shape index (κ1) is 25.2. The SMILES string of the molecule is C#CC(C)Oc1cnc(/C(F)=C/c2ccc(F)c([C@]3(CF)CS(=O)(=O)C(C)(C)C(N)=N3)c2)cn1. The molecule has 0 amide bonds. The standard InChI is InChI=1S/C23H23F3N4O3S/c1-5-14(2)33-20-11-28-19(10-29-20)18(26)9-15-6-7-17(25)16(8-15)23(12-24)13-34(31,32)22(3,4)21(27)30-23/h1,6-11,14H,12-13H2,2-4H3,(H2,27,30)/b18-9-/t14?,23-/m0/s1. The minimum atomic E-state index is -3.98. The van der Waals surface area contributed by atoms with Gasteiger partial charge in [-0.05, 0) is 44.5 Å². The molecule has 0 fully saturated rings. The van der Waals surface area contributed by atoms with Crippen LogP contribution in [0.1, 0.15) is 37.6 Å². The highest BCUT2D eigenvalue weighted by atomic mass is 32.2. The Balaban J connectivity index is 2.00. The number of aromatic nitrogens is 2. The number of amidine groups is 1. The molecule has 180 valence electrons. The van der Waals surface area contributed by atoms with Crippen molar-refractivity contribution < 1.29 is 26.3 Å². The number of halogens is 3. The lowest BCUT2D eigenvalue weighted by molar-refractivity contribution is 0.266. The van der Waals surface area contributed by atoms with Gasteiger partial charge in [0.05, 0.1) is 18.1 Å². The molecule has 0 radical (unpaired) electrons. The molecular weight excluding hydrogens is 469 g/mol. The molecule has 0 aliphatic carbocycles. The van der Waals surface area contributed by atoms with Crippen molar-refractivity contribution in [2.45, 2.75) is 37.2 Å². The Morgan fingerprint density at radius 2 is 2.06 bits per heavy atom. The van der Waals surface area contributed by atoms with Gasteiger partial charge in [0.15, 0.2) is 21.8 Å². The number of ether oxygens (including phenoxy) is 1. The minimum absolute atomic E-state index is 0.104. The van der Waals surface area contributed by atoms with E-state index in [2.05, 4.69) is 20.9 Å². The molecule has 34 heavy (non-hydrogen) atoms. The summed E-state index contributed by atoms with van der Waals surface area (Å²) in [6.07, 6.45) is 8.02. The van der Waals surface area contributed by atoms with Crippen LogP contribution in [0.4, 0.5) is 13.2 Å². The Morgan fingerprint density at radius 1 is 1.35 bits per heavy atom. The largest absolute Gasteiger partial charge is 0.460 e. The van der Waals surface area contributed by atoms with Crippen molar-refractivity contribution in [1.82, 2.24) is 9.97 Å². The topological polar surface area (TPSA) is 108 Å². The molecule has 1 aliphatic rings. The molecule has 2 atom stereocenters. The average molecular weight is 493 g/mol. The van der Waals surface area contributed by atoms with Gasteiger partial charge in [-0.3, -0.25) is 4.99 Å². The van der Waals surface area contributed by atoms with Crippen molar-refractivity contribution >= 4 is 27.6 Å². The van der Waals surface area contributed by atoms with Crippen LogP contribution in [0.2, 0.25) is 0 Å². The molecule has 11 heteroatoms. The van der Waals surface area contributed by atoms with E-state index in [-0.39, 0.29) is 28.5 Å². The van der Waals surface area contributed by atoms with E-state index in [1.807, 2.05) is 0 Å². The molecule has 1 aliphatic heterocycles. The molecule has 3 rings (SSSR count). The van der Waals surface area contributed by atoms with Crippen molar-refractivity contribution in [3.63, 3.8) is 0 Å². The van der Waals surface area contributed by atoms with Crippen LogP contribution in [0.25, 0.3) is 11.9 Å². The van der Waals surface area contributed by atoms with Gasteiger partial charge in [0, 0.05) is 5.56 Å². The summed E-state index contributed by atoms with van der Waals surface area (Å²) in [5.41, 5.74) is 3.39. The van der Waals surface area contributed by atoms with Gasteiger partial charge < -0.3 is 10.5 Å². The van der Waals surface area contributed by atoms with Gasteiger partial charge in [0.1, 0.15) is 34.3 Å². The maximum Gasteiger partial charge on any atom is 0.233 e. The number of aliphatic imine (C=N–C) groups is 1. The number of hydrogen-bond donors (Lipinski definition) is 1. The van der Waals surface area contributed by atoms with Crippen molar-refractivity contribution in [2.75, 3.05) is 12.4 Å². The fourth-order valence-corrected chi connectivity index (χ4v) is 4.91. The third-order valence-corrected chi connectivity index (χ3v) is 8.19. The Bertz CT molecular complexity index is 1300. The van der Waals surface area contributed by atoms with E-state index in [0.29, 0.717) is 0 Å². The zero-order valence-electron chi connectivity index (χ0n) is 18.7. The van der Waals surface area contributed by atoms with E-state index in [0.717, 1.165) is 24.4 Å². The quantitative estimate of drug-likeness (QED) is 0.621. The lowest BCUT2D eigenvalue weighted by Gasteiger charge is -2.38. The molecule has 2 aromatic rings. The first-order valence-electron chi connectivity index (χ1n) is 10.1. The molecule has 0 saturated heterocycles. The smallest absolute Gasteiger partial charge is 0.233 e. The van der Waals surface area contributed by atoms with Crippen LogP contribution in [0.3, 0.4) is 0 Å². The highest BCUT2D eigenvalue weighted by Gasteiger charge is 2.51. The monoisotopic (exact) mass is 492 g/mol. The summed E-state index contributed by atoms with van der Waals surface area (Å²) < 4.78 is 73.1. The van der Waals surface area contributed by atoms with Crippen molar-refractivity contribution in [3.8, 4) is 18.2 Å². The summed E-state index contributed by atoms with van der Waals surface area (Å²) in [6.45, 7) is 3.00. The van der Waals surface area contributed by atoms with E-state index in [9.17, 15) is 21.6 Å². The summed E-state index contributed by atoms with van der Waals surface area (Å²) in [5, 5.41) is 0. The molecule has 0 spiro atoms. The number of rotatable bonds is 6. The number of benzene rings is 1. The van der Waals surface area contributed by atoms with Crippen LogP contribution in [0, 0.1) is 18.2 Å². The maximum atomic E-state index is 14.8. The molecule has 1 aromatic carbocycles. The van der Waals surface area contributed by atoms with Crippen molar-refractivity contribution in [3.05, 3.63) is 53.2 Å². The Kier molecular flexibility index (Phi) is 6.75. The number of terminal acetylenes is 1. The highest BCUT2D eigenvalue weighted by Crippen LogP contribution is 2.39. The van der Waals surface area contributed by atoms with Crippen LogP contribution >= 0.6 is 0 Å². The summed E-state index contributed by atoms with van der Waals surface area (Å²) in [4.78, 5) is 11.9. The van der Waals surface area contributed by atoms with Gasteiger partial charge in [0.2, 0.25) is 5.88 Å². The lowest BCUT2D eigenvalue weighted by Crippen LogP contribution is -2.56. The second-order valence-corrected chi connectivity index (χ2v) is 10.9. The van der Waals surface area contributed by atoms with E-state index in [1.54, 1.807) is 6.92 Å². The molecule has 1 aromatic heterocycles. The van der Waals surface area contributed by atoms with E-state index < -0.39 is 50.3 Å². The van der Waals surface area contributed by atoms with Crippen LogP contribution in [0.5, 0.6) is 5.88 Å². The van der Waals surface area contributed by atoms with Crippen molar-refractivity contribution in [2.24, 2.45) is 10.7 Å². The van der Waals surface area contributed by atoms with Crippen molar-refractivity contribution in [1.29, 1.82) is 0 Å². The first-order valence-corrected chi connectivity index (χ1v) is 11.8. The van der Waals surface area contributed by atoms with E-state index in [1.165, 1.54) is 26.1 Å². The molecule has 0 saturated carbocycles. The maximum absolute atomic E-state index is 14.8. The normalized spacial score (nSPS) is 22.4. The van der Waals surface area contributed by atoms with Crippen LogP contribution in [-0.2, 0) is 15.4 Å². The second-order valence-electron chi connectivity index (χ2n) is 8.33. The second kappa shape index (κ2) is 9.10. The summed E-state index contributed by atoms with van der Waals surface area (Å²) >= 11 is 0. The fourth-order valence-electron chi connectivity index (χ4n) is 3.26. The molecule has 0 bridgehead atoms. The molecule has 7 nitrogen and oxygen atoms in total. The number of sulfone groups is 1. The van der Waals surface area contributed by atoms with Gasteiger partial charge >= 0.3 is 0 Å². The number of hydrogen-bond acceptors (Lipinski definition) is 7. The number of alkyl halides is 1. The Morgan fingerprint density at radius 3 is 2.62 bits per heavy atom. The highest BCUT2D eigenvalue weighted by molar-refractivity contribution is 7.93. The predicted molar refractivity (Wildman–Crippen MR) is 123 cm³/mol. The van der Waals surface area contributed by atoms with Crippen LogP contribution in [0.15, 0.2) is 35.6 Å². The van der Waals surface area contributed by atoms with Gasteiger partial charge in [-0.2, -0.15) is 0 Å². The zero-order chi connectivity index (χ0) is 25.3. The molecular formula is C23H23F3N4O3S. The average Bonchev–Trinajstić information content (AvgIpc) is 2.79. The van der Waals surface area contributed by atoms with Gasteiger partial charge in [-0.25, -0.2) is 31.6 Å².